The van der Waals surface area contributed by atoms with E-state index >= 15 is 0 Å². The standard InChI is InChI=1S/C16H20N4O3/c1-5-20-11(9-12(19-20)16(2,3)4)14(21)18-13-8-6-7-10(17-13)15(22)23/h6-9H,5H2,1-4H3,(H,22,23)(H,17,18,21). The smallest absolute Gasteiger partial charge is 0.354 e. The minimum atomic E-state index is -1.14. The van der Waals surface area contributed by atoms with E-state index < -0.39 is 5.97 Å². The number of nitrogens with zero attached hydrogens (tertiary/aromatic N) is 3. The average molecular weight is 316 g/mol. The molecule has 23 heavy (non-hydrogen) atoms. The number of hydrogen-bond acceptors (Lipinski definition) is 4. The SMILES string of the molecule is CCn1nc(C(C)(C)C)cc1C(=O)Nc1cccc(C(=O)O)n1. The molecule has 7 heteroatoms. The number of aromatic carboxylic acids is 1. The molecule has 0 aliphatic heterocycles. The van der Waals surface area contributed by atoms with E-state index in [9.17, 15) is 9.59 Å². The van der Waals surface area contributed by atoms with E-state index in [0.717, 1.165) is 5.69 Å². The number of rotatable bonds is 4. The average Bonchev–Trinajstić information content (AvgIpc) is 2.92. The summed E-state index contributed by atoms with van der Waals surface area (Å²) in [5.41, 5.74) is 0.940. The molecule has 0 unspecified atom stereocenters. The molecule has 122 valence electrons. The number of aromatic nitrogens is 3. The number of carbonyl (C=O) groups excluding carboxylic acids is 1. The molecular formula is C16H20N4O3. The quantitative estimate of drug-likeness (QED) is 0.903. The minimum absolute atomic E-state index is 0.123. The normalized spacial score (nSPS) is 11.3. The van der Waals surface area contributed by atoms with Crippen LogP contribution in [0.4, 0.5) is 5.82 Å². The topological polar surface area (TPSA) is 97.1 Å². The Kier molecular flexibility index (Phi) is 4.49. The van der Waals surface area contributed by atoms with E-state index in [1.54, 1.807) is 16.8 Å². The molecule has 2 aromatic heterocycles. The van der Waals surface area contributed by atoms with E-state index in [0.29, 0.717) is 12.2 Å². The van der Waals surface area contributed by atoms with Gasteiger partial charge in [-0.1, -0.05) is 26.8 Å². The third kappa shape index (κ3) is 3.74. The summed E-state index contributed by atoms with van der Waals surface area (Å²) >= 11 is 0. The van der Waals surface area contributed by atoms with Crippen molar-refractivity contribution in [2.24, 2.45) is 0 Å². The van der Waals surface area contributed by atoms with Gasteiger partial charge >= 0.3 is 5.97 Å². The lowest BCUT2D eigenvalue weighted by molar-refractivity contribution is 0.0690. The van der Waals surface area contributed by atoms with E-state index in [1.807, 2.05) is 27.7 Å². The molecule has 0 spiro atoms. The van der Waals surface area contributed by atoms with Crippen LogP contribution in [0.3, 0.4) is 0 Å². The summed E-state index contributed by atoms with van der Waals surface area (Å²) in [5, 5.41) is 16.0. The summed E-state index contributed by atoms with van der Waals surface area (Å²) in [6.07, 6.45) is 0. The van der Waals surface area contributed by atoms with Gasteiger partial charge < -0.3 is 10.4 Å². The van der Waals surface area contributed by atoms with Gasteiger partial charge in [0.25, 0.3) is 5.91 Å². The highest BCUT2D eigenvalue weighted by atomic mass is 16.4. The fourth-order valence-corrected chi connectivity index (χ4v) is 2.01. The van der Waals surface area contributed by atoms with Crippen LogP contribution < -0.4 is 5.32 Å². The van der Waals surface area contributed by atoms with E-state index in [1.165, 1.54) is 12.1 Å². The first-order valence-corrected chi connectivity index (χ1v) is 7.32. The number of amides is 1. The second-order valence-electron chi connectivity index (χ2n) is 6.15. The van der Waals surface area contributed by atoms with Crippen molar-refractivity contribution in [2.75, 3.05) is 5.32 Å². The van der Waals surface area contributed by atoms with Gasteiger partial charge in [0.2, 0.25) is 0 Å². The number of anilines is 1. The highest BCUT2D eigenvalue weighted by Crippen LogP contribution is 2.22. The molecule has 0 aromatic carbocycles. The third-order valence-corrected chi connectivity index (χ3v) is 3.29. The zero-order chi connectivity index (χ0) is 17.2. The monoisotopic (exact) mass is 316 g/mol. The van der Waals surface area contributed by atoms with Gasteiger partial charge in [-0.15, -0.1) is 0 Å². The molecule has 0 saturated heterocycles. The van der Waals surface area contributed by atoms with E-state index in [2.05, 4.69) is 15.4 Å². The molecule has 2 aromatic rings. The molecule has 2 N–H and O–H groups in total. The molecule has 0 atom stereocenters. The van der Waals surface area contributed by atoms with Crippen LogP contribution in [0.5, 0.6) is 0 Å². The molecule has 2 rings (SSSR count). The van der Waals surface area contributed by atoms with Crippen LogP contribution in [0.2, 0.25) is 0 Å². The molecule has 7 nitrogen and oxygen atoms in total. The predicted molar refractivity (Wildman–Crippen MR) is 85.8 cm³/mol. The number of carboxylic acids is 1. The number of carboxylic acid groups (broad SMARTS) is 1. The van der Waals surface area contributed by atoms with E-state index in [-0.39, 0.29) is 22.8 Å². The Morgan fingerprint density at radius 1 is 1.30 bits per heavy atom. The molecule has 0 bridgehead atoms. The maximum atomic E-state index is 12.5. The molecule has 0 fully saturated rings. The summed E-state index contributed by atoms with van der Waals surface area (Å²) in [6, 6.07) is 6.19. The third-order valence-electron chi connectivity index (χ3n) is 3.29. The van der Waals surface area contributed by atoms with Gasteiger partial charge in [-0.25, -0.2) is 9.78 Å². The first-order chi connectivity index (χ1) is 10.7. The molecule has 0 aliphatic carbocycles. The minimum Gasteiger partial charge on any atom is -0.477 e. The second-order valence-corrected chi connectivity index (χ2v) is 6.15. The maximum absolute atomic E-state index is 12.5. The largest absolute Gasteiger partial charge is 0.477 e. The van der Waals surface area contributed by atoms with Crippen molar-refractivity contribution < 1.29 is 14.7 Å². The highest BCUT2D eigenvalue weighted by molar-refractivity contribution is 6.02. The van der Waals surface area contributed by atoms with Crippen LogP contribution >= 0.6 is 0 Å². The molecule has 2 heterocycles. The van der Waals surface area contributed by atoms with Crippen molar-refractivity contribution >= 4 is 17.7 Å². The zero-order valence-electron chi connectivity index (χ0n) is 13.6. The second kappa shape index (κ2) is 6.20. The van der Waals surface area contributed by atoms with E-state index in [4.69, 9.17) is 5.11 Å². The van der Waals surface area contributed by atoms with Crippen molar-refractivity contribution in [2.45, 2.75) is 39.7 Å². The van der Waals surface area contributed by atoms with Crippen LogP contribution in [-0.4, -0.2) is 31.7 Å². The zero-order valence-corrected chi connectivity index (χ0v) is 13.6. The Balaban J connectivity index is 2.29. The lowest BCUT2D eigenvalue weighted by Crippen LogP contribution is -2.18. The van der Waals surface area contributed by atoms with Crippen LogP contribution in [-0.2, 0) is 12.0 Å². The Morgan fingerprint density at radius 3 is 2.57 bits per heavy atom. The number of carbonyl (C=O) groups is 2. The lowest BCUT2D eigenvalue weighted by Gasteiger charge is -2.13. The molecule has 1 amide bonds. The van der Waals surface area contributed by atoms with Crippen molar-refractivity contribution in [1.29, 1.82) is 0 Å². The lowest BCUT2D eigenvalue weighted by atomic mass is 9.92. The number of nitrogens with one attached hydrogen (secondary N) is 1. The summed E-state index contributed by atoms with van der Waals surface area (Å²) in [6.45, 7) is 8.53. The molecule has 0 radical (unpaired) electrons. The van der Waals surface area contributed by atoms with Gasteiger partial charge in [-0.2, -0.15) is 5.10 Å². The summed E-state index contributed by atoms with van der Waals surface area (Å²) in [7, 11) is 0. The van der Waals surface area contributed by atoms with Crippen LogP contribution in [0, 0.1) is 0 Å². The predicted octanol–water partition coefficient (Wildman–Crippen LogP) is 2.55. The number of pyridine rings is 1. The summed E-state index contributed by atoms with van der Waals surface area (Å²) < 4.78 is 1.62. The number of hydrogen-bond donors (Lipinski definition) is 2. The maximum Gasteiger partial charge on any atom is 0.354 e. The van der Waals surface area contributed by atoms with Crippen molar-refractivity contribution in [3.63, 3.8) is 0 Å². The molecular weight excluding hydrogens is 296 g/mol. The van der Waals surface area contributed by atoms with Gasteiger partial charge in [0.15, 0.2) is 5.69 Å². The van der Waals surface area contributed by atoms with Crippen LogP contribution in [0.1, 0.15) is 54.4 Å². The molecule has 0 saturated carbocycles. The summed E-state index contributed by atoms with van der Waals surface area (Å²) in [5.74, 6) is -1.32. The fourth-order valence-electron chi connectivity index (χ4n) is 2.01. The van der Waals surface area contributed by atoms with Gasteiger partial charge in [-0.05, 0) is 25.1 Å². The van der Waals surface area contributed by atoms with Gasteiger partial charge in [0.05, 0.1) is 5.69 Å². The number of aryl methyl sites for hydroxylation is 1. The Hall–Kier alpha value is -2.70. The van der Waals surface area contributed by atoms with Crippen LogP contribution in [0.25, 0.3) is 0 Å². The Morgan fingerprint density at radius 2 is 2.00 bits per heavy atom. The van der Waals surface area contributed by atoms with Crippen molar-refractivity contribution in [3.8, 4) is 0 Å². The van der Waals surface area contributed by atoms with Gasteiger partial charge in [0, 0.05) is 12.0 Å². The molecule has 0 aliphatic rings. The first kappa shape index (κ1) is 16.7. The Bertz CT molecular complexity index is 744. The fraction of sp³-hybridized carbons (Fsp3) is 0.375. The Labute approximate surface area is 134 Å². The van der Waals surface area contributed by atoms with Gasteiger partial charge in [0.1, 0.15) is 11.5 Å². The van der Waals surface area contributed by atoms with Crippen molar-refractivity contribution in [3.05, 3.63) is 41.3 Å². The van der Waals surface area contributed by atoms with Crippen molar-refractivity contribution in [1.82, 2.24) is 14.8 Å². The van der Waals surface area contributed by atoms with Crippen LogP contribution in [0.15, 0.2) is 24.3 Å². The highest BCUT2D eigenvalue weighted by Gasteiger charge is 2.22. The first-order valence-electron chi connectivity index (χ1n) is 7.32. The van der Waals surface area contributed by atoms with Gasteiger partial charge in [-0.3, -0.25) is 9.48 Å². The summed E-state index contributed by atoms with van der Waals surface area (Å²) in [4.78, 5) is 27.3.